The van der Waals surface area contributed by atoms with Crippen molar-refractivity contribution in [3.05, 3.63) is 29.8 Å². The Kier molecular flexibility index (Phi) is 4.36. The second-order valence-electron chi connectivity index (χ2n) is 5.44. The summed E-state index contributed by atoms with van der Waals surface area (Å²) < 4.78 is 0. The SMILES string of the molecule is CC(C)c1ccc(NCCC(C)(C)N)cc1. The number of anilines is 1. The molecule has 3 N–H and O–H groups in total. The zero-order chi connectivity index (χ0) is 12.2. The van der Waals surface area contributed by atoms with Crippen LogP contribution in [-0.2, 0) is 0 Å². The van der Waals surface area contributed by atoms with Crippen molar-refractivity contribution in [3.63, 3.8) is 0 Å². The van der Waals surface area contributed by atoms with Gasteiger partial charge in [-0.1, -0.05) is 26.0 Å². The highest BCUT2D eigenvalue weighted by molar-refractivity contribution is 5.45. The third-order valence-corrected chi connectivity index (χ3v) is 2.68. The topological polar surface area (TPSA) is 38.0 Å². The maximum atomic E-state index is 5.92. The van der Waals surface area contributed by atoms with Gasteiger partial charge in [0, 0.05) is 17.8 Å². The molecule has 0 saturated carbocycles. The lowest BCUT2D eigenvalue weighted by Gasteiger charge is -2.18. The standard InChI is InChI=1S/C14H24N2/c1-11(2)12-5-7-13(8-6-12)16-10-9-14(3,4)15/h5-8,11,16H,9-10,15H2,1-4H3. The van der Waals surface area contributed by atoms with Crippen molar-refractivity contribution in [2.45, 2.75) is 45.6 Å². The molecule has 0 bridgehead atoms. The van der Waals surface area contributed by atoms with E-state index in [0.29, 0.717) is 5.92 Å². The summed E-state index contributed by atoms with van der Waals surface area (Å²) in [5, 5.41) is 3.39. The van der Waals surface area contributed by atoms with E-state index in [2.05, 4.69) is 57.3 Å². The lowest BCUT2D eigenvalue weighted by Crippen LogP contribution is -2.34. The zero-order valence-electron chi connectivity index (χ0n) is 10.9. The third kappa shape index (κ3) is 4.67. The van der Waals surface area contributed by atoms with Gasteiger partial charge in [0.25, 0.3) is 0 Å². The smallest absolute Gasteiger partial charge is 0.0340 e. The van der Waals surface area contributed by atoms with Gasteiger partial charge in [0.05, 0.1) is 0 Å². The highest BCUT2D eigenvalue weighted by atomic mass is 14.9. The summed E-state index contributed by atoms with van der Waals surface area (Å²) in [6.45, 7) is 9.44. The molecule has 2 nitrogen and oxygen atoms in total. The van der Waals surface area contributed by atoms with Gasteiger partial charge >= 0.3 is 0 Å². The van der Waals surface area contributed by atoms with Crippen molar-refractivity contribution in [3.8, 4) is 0 Å². The molecule has 0 aliphatic carbocycles. The first-order valence-electron chi connectivity index (χ1n) is 6.01. The van der Waals surface area contributed by atoms with Crippen LogP contribution in [0, 0.1) is 0 Å². The molecular weight excluding hydrogens is 196 g/mol. The summed E-state index contributed by atoms with van der Waals surface area (Å²) in [6.07, 6.45) is 0.971. The van der Waals surface area contributed by atoms with Crippen LogP contribution in [0.3, 0.4) is 0 Å². The summed E-state index contributed by atoms with van der Waals surface area (Å²) in [4.78, 5) is 0. The van der Waals surface area contributed by atoms with E-state index in [-0.39, 0.29) is 5.54 Å². The zero-order valence-corrected chi connectivity index (χ0v) is 10.9. The van der Waals surface area contributed by atoms with Gasteiger partial charge in [0.15, 0.2) is 0 Å². The molecule has 0 radical (unpaired) electrons. The predicted octanol–water partition coefficient (Wildman–Crippen LogP) is 3.35. The molecule has 0 aliphatic rings. The highest BCUT2D eigenvalue weighted by Crippen LogP contribution is 2.17. The molecule has 2 heteroatoms. The quantitative estimate of drug-likeness (QED) is 0.798. The normalized spacial score (nSPS) is 11.9. The molecule has 0 aromatic heterocycles. The molecule has 0 heterocycles. The number of nitrogens with one attached hydrogen (secondary N) is 1. The number of benzene rings is 1. The Morgan fingerprint density at radius 3 is 2.19 bits per heavy atom. The van der Waals surface area contributed by atoms with Gasteiger partial charge in [-0.25, -0.2) is 0 Å². The summed E-state index contributed by atoms with van der Waals surface area (Å²) >= 11 is 0. The minimum absolute atomic E-state index is 0.0924. The Balaban J connectivity index is 2.44. The average Bonchev–Trinajstić information content (AvgIpc) is 2.16. The van der Waals surface area contributed by atoms with Crippen molar-refractivity contribution >= 4 is 5.69 Å². The first kappa shape index (κ1) is 13.0. The summed E-state index contributed by atoms with van der Waals surface area (Å²) in [5.74, 6) is 0.594. The van der Waals surface area contributed by atoms with E-state index in [9.17, 15) is 0 Å². The fourth-order valence-corrected chi connectivity index (χ4v) is 1.51. The van der Waals surface area contributed by atoms with Crippen molar-refractivity contribution in [2.24, 2.45) is 5.73 Å². The highest BCUT2D eigenvalue weighted by Gasteiger charge is 2.09. The van der Waals surface area contributed by atoms with Crippen molar-refractivity contribution in [2.75, 3.05) is 11.9 Å². The monoisotopic (exact) mass is 220 g/mol. The molecule has 0 aliphatic heterocycles. The van der Waals surface area contributed by atoms with Crippen molar-refractivity contribution in [1.82, 2.24) is 0 Å². The first-order chi connectivity index (χ1) is 7.38. The minimum atomic E-state index is -0.0924. The Hall–Kier alpha value is -1.02. The number of nitrogens with two attached hydrogens (primary N) is 1. The van der Waals surface area contributed by atoms with Gasteiger partial charge in [-0.15, -0.1) is 0 Å². The minimum Gasteiger partial charge on any atom is -0.385 e. The van der Waals surface area contributed by atoms with Crippen LogP contribution in [0.5, 0.6) is 0 Å². The molecule has 0 spiro atoms. The summed E-state index contributed by atoms with van der Waals surface area (Å²) in [7, 11) is 0. The van der Waals surface area contributed by atoms with Gasteiger partial charge in [-0.2, -0.15) is 0 Å². The molecule has 1 rings (SSSR count). The molecule has 0 saturated heterocycles. The third-order valence-electron chi connectivity index (χ3n) is 2.68. The second-order valence-corrected chi connectivity index (χ2v) is 5.44. The van der Waals surface area contributed by atoms with Crippen molar-refractivity contribution < 1.29 is 0 Å². The van der Waals surface area contributed by atoms with Gasteiger partial charge in [0.2, 0.25) is 0 Å². The van der Waals surface area contributed by atoms with E-state index in [4.69, 9.17) is 5.73 Å². The predicted molar refractivity (Wildman–Crippen MR) is 71.9 cm³/mol. The van der Waals surface area contributed by atoms with E-state index >= 15 is 0 Å². The maximum absolute atomic E-state index is 5.92. The van der Waals surface area contributed by atoms with Crippen LogP contribution in [0.15, 0.2) is 24.3 Å². The van der Waals surface area contributed by atoms with Crippen LogP contribution in [0.2, 0.25) is 0 Å². The molecule has 0 atom stereocenters. The van der Waals surface area contributed by atoms with Gasteiger partial charge in [-0.05, 0) is 43.9 Å². The molecule has 0 unspecified atom stereocenters. The Morgan fingerprint density at radius 2 is 1.75 bits per heavy atom. The van der Waals surface area contributed by atoms with E-state index in [1.165, 1.54) is 11.3 Å². The lowest BCUT2D eigenvalue weighted by atomic mass is 10.0. The molecule has 90 valence electrons. The van der Waals surface area contributed by atoms with Crippen LogP contribution in [0.1, 0.15) is 45.6 Å². The summed E-state index contributed by atoms with van der Waals surface area (Å²) in [6, 6.07) is 8.64. The van der Waals surface area contributed by atoms with Crippen LogP contribution in [0.25, 0.3) is 0 Å². The number of rotatable bonds is 5. The maximum Gasteiger partial charge on any atom is 0.0340 e. The largest absolute Gasteiger partial charge is 0.385 e. The molecule has 1 aromatic rings. The fraction of sp³-hybridized carbons (Fsp3) is 0.571. The molecule has 0 fully saturated rings. The van der Waals surface area contributed by atoms with E-state index in [1.54, 1.807) is 0 Å². The van der Waals surface area contributed by atoms with Crippen LogP contribution < -0.4 is 11.1 Å². The Labute approximate surface area is 99.2 Å². The number of hydrogen-bond donors (Lipinski definition) is 2. The van der Waals surface area contributed by atoms with Crippen LogP contribution in [0.4, 0.5) is 5.69 Å². The van der Waals surface area contributed by atoms with Crippen molar-refractivity contribution in [1.29, 1.82) is 0 Å². The van der Waals surface area contributed by atoms with Gasteiger partial charge in [0.1, 0.15) is 0 Å². The second kappa shape index (κ2) is 5.35. The number of hydrogen-bond acceptors (Lipinski definition) is 2. The van der Waals surface area contributed by atoms with E-state index < -0.39 is 0 Å². The molecule has 0 amide bonds. The van der Waals surface area contributed by atoms with E-state index in [1.807, 2.05) is 0 Å². The van der Waals surface area contributed by atoms with Crippen LogP contribution in [-0.4, -0.2) is 12.1 Å². The lowest BCUT2D eigenvalue weighted by molar-refractivity contribution is 0.491. The average molecular weight is 220 g/mol. The molecule has 1 aromatic carbocycles. The fourth-order valence-electron chi connectivity index (χ4n) is 1.51. The van der Waals surface area contributed by atoms with Gasteiger partial charge < -0.3 is 11.1 Å². The van der Waals surface area contributed by atoms with Gasteiger partial charge in [-0.3, -0.25) is 0 Å². The van der Waals surface area contributed by atoms with Crippen LogP contribution >= 0.6 is 0 Å². The summed E-state index contributed by atoms with van der Waals surface area (Å²) in [5.41, 5.74) is 8.39. The Bertz CT molecular complexity index is 307. The molecule has 16 heavy (non-hydrogen) atoms. The Morgan fingerprint density at radius 1 is 1.19 bits per heavy atom. The van der Waals surface area contributed by atoms with E-state index in [0.717, 1.165) is 13.0 Å². The first-order valence-corrected chi connectivity index (χ1v) is 6.01. The molecular formula is C14H24N2.